The maximum Gasteiger partial charge on any atom is 0.168 e. The Morgan fingerprint density at radius 1 is 0.900 bits per heavy atom. The van der Waals surface area contributed by atoms with Crippen molar-refractivity contribution in [2.75, 3.05) is 0 Å². The van der Waals surface area contributed by atoms with Gasteiger partial charge in [0, 0.05) is 10.0 Å². The summed E-state index contributed by atoms with van der Waals surface area (Å²) in [5.74, 6) is 0. The second-order valence-corrected chi connectivity index (χ2v) is 5.62. The van der Waals surface area contributed by atoms with E-state index in [0.717, 1.165) is 26.7 Å². The molecule has 0 aliphatic heterocycles. The second kappa shape index (κ2) is 4.46. The van der Waals surface area contributed by atoms with Crippen molar-refractivity contribution in [2.24, 2.45) is 0 Å². The molecule has 4 rings (SSSR count). The van der Waals surface area contributed by atoms with Crippen LogP contribution in [0, 0.1) is 0 Å². The van der Waals surface area contributed by atoms with Crippen LogP contribution in [0.4, 0.5) is 0 Å². The van der Waals surface area contributed by atoms with Crippen molar-refractivity contribution in [1.29, 1.82) is 0 Å². The Bertz CT molecular complexity index is 926. The monoisotopic (exact) mass is 323 g/mol. The zero-order chi connectivity index (χ0) is 13.5. The molecule has 1 heterocycles. The van der Waals surface area contributed by atoms with Gasteiger partial charge in [0.25, 0.3) is 0 Å². The van der Waals surface area contributed by atoms with E-state index in [0.29, 0.717) is 0 Å². The average molecular weight is 324 g/mol. The first-order chi connectivity index (χ1) is 9.83. The van der Waals surface area contributed by atoms with E-state index >= 15 is 0 Å². The maximum absolute atomic E-state index is 5.49. The molecular formula is C17H10BrNO. The van der Waals surface area contributed by atoms with Gasteiger partial charge in [-0.1, -0.05) is 63.6 Å². The Kier molecular flexibility index (Phi) is 2.60. The highest BCUT2D eigenvalue weighted by atomic mass is 79.9. The van der Waals surface area contributed by atoms with Crippen LogP contribution in [0.25, 0.3) is 33.0 Å². The number of rotatable bonds is 1. The third-order valence-electron chi connectivity index (χ3n) is 3.46. The summed E-state index contributed by atoms with van der Waals surface area (Å²) in [7, 11) is 0. The molecule has 3 heteroatoms. The van der Waals surface area contributed by atoms with E-state index in [2.05, 4.69) is 45.4 Å². The molecule has 0 aliphatic carbocycles. The van der Waals surface area contributed by atoms with Crippen LogP contribution in [-0.2, 0) is 0 Å². The molecule has 1 aromatic heterocycles. The van der Waals surface area contributed by atoms with Crippen molar-refractivity contribution < 1.29 is 4.52 Å². The number of halogens is 1. The molecular weight excluding hydrogens is 314 g/mol. The summed E-state index contributed by atoms with van der Waals surface area (Å²) in [6.45, 7) is 0. The van der Waals surface area contributed by atoms with Gasteiger partial charge in [0.15, 0.2) is 5.58 Å². The van der Waals surface area contributed by atoms with Crippen LogP contribution in [0.3, 0.4) is 0 Å². The van der Waals surface area contributed by atoms with Crippen molar-refractivity contribution in [3.63, 3.8) is 0 Å². The van der Waals surface area contributed by atoms with E-state index < -0.39 is 0 Å². The number of aromatic nitrogens is 1. The third kappa shape index (κ3) is 1.74. The molecule has 96 valence electrons. The lowest BCUT2D eigenvalue weighted by Gasteiger charge is -2.01. The van der Waals surface area contributed by atoms with Crippen LogP contribution >= 0.6 is 15.9 Å². The molecule has 0 spiro atoms. The van der Waals surface area contributed by atoms with Gasteiger partial charge in [-0.15, -0.1) is 0 Å². The molecule has 0 atom stereocenters. The third-order valence-corrected chi connectivity index (χ3v) is 3.95. The molecule has 0 fully saturated rings. The Morgan fingerprint density at radius 2 is 1.80 bits per heavy atom. The number of fused-ring (bicyclic) bond motifs is 3. The Balaban J connectivity index is 2.12. The number of nitrogens with zero attached hydrogens (tertiary/aromatic N) is 1. The molecule has 0 saturated heterocycles. The number of hydrogen-bond donors (Lipinski definition) is 0. The highest BCUT2D eigenvalue weighted by Gasteiger charge is 2.13. The topological polar surface area (TPSA) is 26.0 Å². The van der Waals surface area contributed by atoms with E-state index in [1.807, 2.05) is 36.4 Å². The van der Waals surface area contributed by atoms with Gasteiger partial charge in [-0.3, -0.25) is 0 Å². The fraction of sp³-hybridized carbons (Fsp3) is 0. The van der Waals surface area contributed by atoms with Crippen molar-refractivity contribution in [3.8, 4) is 11.3 Å². The highest BCUT2D eigenvalue weighted by Crippen LogP contribution is 2.34. The van der Waals surface area contributed by atoms with Crippen molar-refractivity contribution in [2.45, 2.75) is 0 Å². The van der Waals surface area contributed by atoms with Gasteiger partial charge in [0.05, 0.1) is 5.39 Å². The molecule has 0 N–H and O–H groups in total. The highest BCUT2D eigenvalue weighted by molar-refractivity contribution is 9.10. The van der Waals surface area contributed by atoms with Gasteiger partial charge in [-0.25, -0.2) is 0 Å². The first-order valence-corrected chi connectivity index (χ1v) is 7.15. The summed E-state index contributed by atoms with van der Waals surface area (Å²) >= 11 is 3.50. The van der Waals surface area contributed by atoms with Crippen LogP contribution in [0.2, 0.25) is 0 Å². The summed E-state index contributed by atoms with van der Waals surface area (Å²) < 4.78 is 6.52. The zero-order valence-corrected chi connectivity index (χ0v) is 12.1. The Morgan fingerprint density at radius 3 is 2.70 bits per heavy atom. The molecule has 0 bridgehead atoms. The smallest absolute Gasteiger partial charge is 0.168 e. The van der Waals surface area contributed by atoms with E-state index in [-0.39, 0.29) is 0 Å². The molecule has 20 heavy (non-hydrogen) atoms. The molecule has 0 amide bonds. The lowest BCUT2D eigenvalue weighted by Crippen LogP contribution is -1.80. The summed E-state index contributed by atoms with van der Waals surface area (Å²) in [6.07, 6.45) is 0. The van der Waals surface area contributed by atoms with Crippen LogP contribution in [0.1, 0.15) is 0 Å². The lowest BCUT2D eigenvalue weighted by molar-refractivity contribution is 0.459. The SMILES string of the molecule is Brc1cccc(-c2noc3ccc4ccccc4c23)c1. The van der Waals surface area contributed by atoms with E-state index in [4.69, 9.17) is 4.52 Å². The Hall–Kier alpha value is -2.13. The quantitative estimate of drug-likeness (QED) is 0.468. The molecule has 0 radical (unpaired) electrons. The van der Waals surface area contributed by atoms with Crippen molar-refractivity contribution in [1.82, 2.24) is 5.16 Å². The molecule has 3 aromatic carbocycles. The van der Waals surface area contributed by atoms with Gasteiger partial charge in [-0.2, -0.15) is 0 Å². The zero-order valence-electron chi connectivity index (χ0n) is 10.5. The first-order valence-electron chi connectivity index (χ1n) is 6.36. The van der Waals surface area contributed by atoms with E-state index in [1.165, 1.54) is 10.8 Å². The minimum absolute atomic E-state index is 0.818. The van der Waals surface area contributed by atoms with Gasteiger partial charge in [0.2, 0.25) is 0 Å². The Labute approximate surface area is 124 Å². The second-order valence-electron chi connectivity index (χ2n) is 4.70. The van der Waals surface area contributed by atoms with Gasteiger partial charge >= 0.3 is 0 Å². The van der Waals surface area contributed by atoms with Crippen LogP contribution < -0.4 is 0 Å². The number of hydrogen-bond acceptors (Lipinski definition) is 2. The van der Waals surface area contributed by atoms with Crippen LogP contribution in [-0.4, -0.2) is 5.16 Å². The fourth-order valence-electron chi connectivity index (χ4n) is 2.55. The van der Waals surface area contributed by atoms with E-state index in [9.17, 15) is 0 Å². The lowest BCUT2D eigenvalue weighted by atomic mass is 10.0. The first kappa shape index (κ1) is 11.7. The van der Waals surface area contributed by atoms with Crippen LogP contribution in [0.15, 0.2) is 69.7 Å². The van der Waals surface area contributed by atoms with Gasteiger partial charge in [0.1, 0.15) is 5.69 Å². The van der Waals surface area contributed by atoms with E-state index in [1.54, 1.807) is 0 Å². The van der Waals surface area contributed by atoms with Crippen molar-refractivity contribution >= 4 is 37.7 Å². The average Bonchev–Trinajstić information content (AvgIpc) is 2.91. The van der Waals surface area contributed by atoms with Crippen molar-refractivity contribution in [3.05, 3.63) is 65.1 Å². The summed E-state index contributed by atoms with van der Waals surface area (Å²) in [4.78, 5) is 0. The van der Waals surface area contributed by atoms with Gasteiger partial charge < -0.3 is 4.52 Å². The summed E-state index contributed by atoms with van der Waals surface area (Å²) in [6, 6.07) is 20.4. The molecule has 0 unspecified atom stereocenters. The summed E-state index contributed by atoms with van der Waals surface area (Å²) in [5, 5.41) is 7.69. The maximum atomic E-state index is 5.49. The predicted molar refractivity (Wildman–Crippen MR) is 84.7 cm³/mol. The predicted octanol–water partition coefficient (Wildman–Crippen LogP) is 5.41. The number of benzene rings is 3. The largest absolute Gasteiger partial charge is 0.356 e. The van der Waals surface area contributed by atoms with Crippen LogP contribution in [0.5, 0.6) is 0 Å². The minimum Gasteiger partial charge on any atom is -0.356 e. The standard InChI is InChI=1S/C17H10BrNO/c18-13-6-3-5-12(10-13)17-16-14-7-2-1-4-11(14)8-9-15(16)20-19-17/h1-10H. The normalized spacial score (nSPS) is 11.2. The molecule has 0 saturated carbocycles. The summed E-state index contributed by atoms with van der Waals surface area (Å²) in [5.41, 5.74) is 2.76. The molecule has 0 aliphatic rings. The van der Waals surface area contributed by atoms with Gasteiger partial charge in [-0.05, 0) is 29.0 Å². The fourth-order valence-corrected chi connectivity index (χ4v) is 2.94. The molecule has 2 nitrogen and oxygen atoms in total. The minimum atomic E-state index is 0.818. The molecule has 4 aromatic rings.